The topological polar surface area (TPSA) is 46.5 Å². The number of carbonyl (C=O) groups is 1. The SMILES string of the molecule is CCOC(=O)[C@@H](O)c1cccc2ccccc12. The minimum atomic E-state index is -1.22. The van der Waals surface area contributed by atoms with Gasteiger partial charge in [-0.2, -0.15) is 0 Å². The van der Waals surface area contributed by atoms with Gasteiger partial charge in [-0.3, -0.25) is 0 Å². The molecule has 3 heteroatoms. The fourth-order valence-corrected chi connectivity index (χ4v) is 1.84. The van der Waals surface area contributed by atoms with Crippen LogP contribution >= 0.6 is 0 Å². The molecule has 1 atom stereocenters. The van der Waals surface area contributed by atoms with Crippen molar-refractivity contribution >= 4 is 16.7 Å². The number of fused-ring (bicyclic) bond motifs is 1. The molecule has 0 bridgehead atoms. The molecule has 0 aliphatic rings. The third kappa shape index (κ3) is 2.29. The van der Waals surface area contributed by atoms with Crippen LogP contribution in [0.3, 0.4) is 0 Å². The summed E-state index contributed by atoms with van der Waals surface area (Å²) in [6.07, 6.45) is -1.22. The number of esters is 1. The van der Waals surface area contributed by atoms with Gasteiger partial charge in [0.05, 0.1) is 6.61 Å². The van der Waals surface area contributed by atoms with Gasteiger partial charge >= 0.3 is 5.97 Å². The molecular weight excluding hydrogens is 216 g/mol. The van der Waals surface area contributed by atoms with E-state index in [0.717, 1.165) is 10.8 Å². The molecule has 0 fully saturated rings. The molecular formula is C14H14O3. The summed E-state index contributed by atoms with van der Waals surface area (Å²) < 4.78 is 4.82. The van der Waals surface area contributed by atoms with Crippen LogP contribution in [-0.4, -0.2) is 17.7 Å². The first-order valence-electron chi connectivity index (χ1n) is 5.56. The lowest BCUT2D eigenvalue weighted by Crippen LogP contribution is -2.15. The van der Waals surface area contributed by atoms with Crippen LogP contribution in [0, 0.1) is 0 Å². The highest BCUT2D eigenvalue weighted by molar-refractivity contribution is 5.90. The van der Waals surface area contributed by atoms with Crippen molar-refractivity contribution in [1.29, 1.82) is 0 Å². The Balaban J connectivity index is 2.44. The molecule has 0 amide bonds. The predicted molar refractivity (Wildman–Crippen MR) is 65.5 cm³/mol. The van der Waals surface area contributed by atoms with Crippen LogP contribution in [-0.2, 0) is 9.53 Å². The van der Waals surface area contributed by atoms with Crippen LogP contribution < -0.4 is 0 Å². The number of carbonyl (C=O) groups excluding carboxylic acids is 1. The van der Waals surface area contributed by atoms with E-state index in [4.69, 9.17) is 4.74 Å². The number of hydrogen-bond donors (Lipinski definition) is 1. The van der Waals surface area contributed by atoms with Crippen LogP contribution in [0.15, 0.2) is 42.5 Å². The standard InChI is InChI=1S/C14H14O3/c1-2-17-14(16)13(15)12-9-5-7-10-6-3-4-8-11(10)12/h3-9,13,15H,2H2,1H3/t13-/m0/s1. The molecule has 0 aliphatic heterocycles. The largest absolute Gasteiger partial charge is 0.464 e. The second-order valence-corrected chi connectivity index (χ2v) is 3.72. The van der Waals surface area contributed by atoms with Crippen molar-refractivity contribution < 1.29 is 14.6 Å². The van der Waals surface area contributed by atoms with Crippen LogP contribution in [0.2, 0.25) is 0 Å². The third-order valence-electron chi connectivity index (χ3n) is 2.63. The summed E-state index contributed by atoms with van der Waals surface area (Å²) in [6, 6.07) is 13.1. The lowest BCUT2D eigenvalue weighted by atomic mass is 10.0. The Morgan fingerprint density at radius 1 is 1.24 bits per heavy atom. The van der Waals surface area contributed by atoms with Gasteiger partial charge in [0.25, 0.3) is 0 Å². The average Bonchev–Trinajstić information content (AvgIpc) is 2.37. The van der Waals surface area contributed by atoms with Gasteiger partial charge in [-0.05, 0) is 23.3 Å². The maximum absolute atomic E-state index is 11.5. The predicted octanol–water partition coefficient (Wildman–Crippen LogP) is 2.44. The Morgan fingerprint density at radius 3 is 2.71 bits per heavy atom. The molecule has 2 rings (SSSR count). The highest BCUT2D eigenvalue weighted by Crippen LogP contribution is 2.24. The van der Waals surface area contributed by atoms with E-state index < -0.39 is 12.1 Å². The van der Waals surface area contributed by atoms with Crippen LogP contribution in [0.4, 0.5) is 0 Å². The van der Waals surface area contributed by atoms with Crippen LogP contribution in [0.1, 0.15) is 18.6 Å². The molecule has 2 aromatic carbocycles. The van der Waals surface area contributed by atoms with Gasteiger partial charge in [-0.1, -0.05) is 42.5 Å². The van der Waals surface area contributed by atoms with Crippen molar-refractivity contribution in [1.82, 2.24) is 0 Å². The minimum Gasteiger partial charge on any atom is -0.464 e. The van der Waals surface area contributed by atoms with Gasteiger partial charge in [0.2, 0.25) is 0 Å². The van der Waals surface area contributed by atoms with E-state index >= 15 is 0 Å². The minimum absolute atomic E-state index is 0.265. The van der Waals surface area contributed by atoms with Gasteiger partial charge in [0, 0.05) is 0 Å². The summed E-state index contributed by atoms with van der Waals surface area (Å²) >= 11 is 0. The summed E-state index contributed by atoms with van der Waals surface area (Å²) in [5.41, 5.74) is 0.585. The van der Waals surface area contributed by atoms with Crippen molar-refractivity contribution in [2.45, 2.75) is 13.0 Å². The summed E-state index contributed by atoms with van der Waals surface area (Å²) in [5, 5.41) is 11.8. The van der Waals surface area contributed by atoms with Crippen molar-refractivity contribution in [2.24, 2.45) is 0 Å². The second kappa shape index (κ2) is 4.97. The van der Waals surface area contributed by atoms with E-state index in [1.165, 1.54) is 0 Å². The molecule has 0 unspecified atom stereocenters. The smallest absolute Gasteiger partial charge is 0.339 e. The molecule has 17 heavy (non-hydrogen) atoms. The van der Waals surface area contributed by atoms with E-state index in [-0.39, 0.29) is 6.61 Å². The number of aliphatic hydroxyl groups is 1. The number of aliphatic hydroxyl groups excluding tert-OH is 1. The molecule has 0 saturated carbocycles. The summed E-state index contributed by atoms with van der Waals surface area (Å²) in [6.45, 7) is 1.98. The van der Waals surface area contributed by atoms with Crippen LogP contribution in [0.25, 0.3) is 10.8 Å². The molecule has 0 spiro atoms. The highest BCUT2D eigenvalue weighted by Gasteiger charge is 2.20. The Kier molecular flexibility index (Phi) is 3.40. The lowest BCUT2D eigenvalue weighted by Gasteiger charge is -2.12. The Hall–Kier alpha value is -1.87. The highest BCUT2D eigenvalue weighted by atomic mass is 16.5. The van der Waals surface area contributed by atoms with Crippen molar-refractivity contribution in [2.75, 3.05) is 6.61 Å². The van der Waals surface area contributed by atoms with Gasteiger partial charge in [0.1, 0.15) is 0 Å². The average molecular weight is 230 g/mol. The summed E-state index contributed by atoms with van der Waals surface area (Å²) in [5.74, 6) is -0.608. The fourth-order valence-electron chi connectivity index (χ4n) is 1.84. The molecule has 2 aromatic rings. The third-order valence-corrected chi connectivity index (χ3v) is 2.63. The van der Waals surface area contributed by atoms with Crippen LogP contribution in [0.5, 0.6) is 0 Å². The molecule has 1 N–H and O–H groups in total. The first kappa shape index (κ1) is 11.6. The van der Waals surface area contributed by atoms with Gasteiger partial charge in [-0.15, -0.1) is 0 Å². The van der Waals surface area contributed by atoms with Gasteiger partial charge in [0.15, 0.2) is 6.10 Å². The maximum Gasteiger partial charge on any atom is 0.339 e. The fraction of sp³-hybridized carbons (Fsp3) is 0.214. The molecule has 0 radical (unpaired) electrons. The Bertz CT molecular complexity index is 528. The first-order valence-corrected chi connectivity index (χ1v) is 5.56. The molecule has 0 aliphatic carbocycles. The molecule has 3 nitrogen and oxygen atoms in total. The zero-order valence-electron chi connectivity index (χ0n) is 9.59. The number of hydrogen-bond acceptors (Lipinski definition) is 3. The molecule has 0 saturated heterocycles. The monoisotopic (exact) mass is 230 g/mol. The van der Waals surface area contributed by atoms with E-state index in [9.17, 15) is 9.90 Å². The lowest BCUT2D eigenvalue weighted by molar-refractivity contribution is -0.153. The molecule has 88 valence electrons. The first-order chi connectivity index (χ1) is 8.24. The zero-order chi connectivity index (χ0) is 12.3. The quantitative estimate of drug-likeness (QED) is 0.824. The van der Waals surface area contributed by atoms with Crippen molar-refractivity contribution in [3.8, 4) is 0 Å². The van der Waals surface area contributed by atoms with E-state index in [0.29, 0.717) is 5.56 Å². The number of benzene rings is 2. The number of ether oxygens (including phenoxy) is 1. The van der Waals surface area contributed by atoms with Gasteiger partial charge < -0.3 is 9.84 Å². The summed E-state index contributed by atoms with van der Waals surface area (Å²) in [4.78, 5) is 11.5. The van der Waals surface area contributed by atoms with Crippen molar-refractivity contribution in [3.05, 3.63) is 48.0 Å². The second-order valence-electron chi connectivity index (χ2n) is 3.72. The Morgan fingerprint density at radius 2 is 1.94 bits per heavy atom. The normalized spacial score (nSPS) is 12.4. The maximum atomic E-state index is 11.5. The Labute approximate surface area is 99.6 Å². The van der Waals surface area contributed by atoms with E-state index in [2.05, 4.69) is 0 Å². The zero-order valence-corrected chi connectivity index (χ0v) is 9.59. The van der Waals surface area contributed by atoms with E-state index in [1.54, 1.807) is 13.0 Å². The van der Waals surface area contributed by atoms with Crippen molar-refractivity contribution in [3.63, 3.8) is 0 Å². The van der Waals surface area contributed by atoms with E-state index in [1.807, 2.05) is 36.4 Å². The molecule has 0 aromatic heterocycles. The molecule has 0 heterocycles. The van der Waals surface area contributed by atoms with Gasteiger partial charge in [-0.25, -0.2) is 4.79 Å². The number of rotatable bonds is 3. The summed E-state index contributed by atoms with van der Waals surface area (Å²) in [7, 11) is 0.